The highest BCUT2D eigenvalue weighted by Crippen LogP contribution is 2.26. The minimum absolute atomic E-state index is 0.134. The van der Waals surface area contributed by atoms with Crippen molar-refractivity contribution in [3.05, 3.63) is 89.5 Å². The second kappa shape index (κ2) is 9.87. The molecular weight excluding hydrogens is 424 g/mol. The Morgan fingerprint density at radius 3 is 2.12 bits per heavy atom. The van der Waals surface area contributed by atoms with Crippen LogP contribution in [0.4, 0.5) is 5.69 Å². The second-order valence-electron chi connectivity index (χ2n) is 7.73. The van der Waals surface area contributed by atoms with Crippen molar-refractivity contribution >= 4 is 21.6 Å². The molecule has 3 aromatic carbocycles. The minimum Gasteiger partial charge on any atom is -0.497 e. The molecule has 7 heteroatoms. The average Bonchev–Trinajstić information content (AvgIpc) is 2.77. The van der Waals surface area contributed by atoms with Gasteiger partial charge in [0, 0.05) is 0 Å². The van der Waals surface area contributed by atoms with Crippen LogP contribution in [-0.4, -0.2) is 28.0 Å². The number of hydrogen-bond acceptors (Lipinski definition) is 4. The molecule has 3 rings (SSSR count). The maximum Gasteiger partial charge on any atom is 0.264 e. The third-order valence-electron chi connectivity index (χ3n) is 5.11. The molecule has 0 unspecified atom stereocenters. The van der Waals surface area contributed by atoms with Gasteiger partial charge in [-0.05, 0) is 73.9 Å². The van der Waals surface area contributed by atoms with Gasteiger partial charge in [0.1, 0.15) is 12.3 Å². The van der Waals surface area contributed by atoms with E-state index in [0.717, 1.165) is 22.4 Å². The van der Waals surface area contributed by atoms with Gasteiger partial charge in [-0.1, -0.05) is 36.4 Å². The highest BCUT2D eigenvalue weighted by Gasteiger charge is 2.28. The summed E-state index contributed by atoms with van der Waals surface area (Å²) in [4.78, 5) is 13.1. The van der Waals surface area contributed by atoms with Gasteiger partial charge in [-0.15, -0.1) is 0 Å². The zero-order chi connectivity index (χ0) is 23.3. The van der Waals surface area contributed by atoms with Crippen LogP contribution in [0, 0.1) is 13.8 Å². The summed E-state index contributed by atoms with van der Waals surface area (Å²) in [5, 5.41) is 2.90. The number of nitrogens with zero attached hydrogens (tertiary/aromatic N) is 1. The van der Waals surface area contributed by atoms with Gasteiger partial charge < -0.3 is 10.1 Å². The summed E-state index contributed by atoms with van der Waals surface area (Å²) in [6.45, 7) is 5.32. The standard InChI is InChI=1S/C25H28N2O4S/c1-18-14-19(2)16-22(15-18)27(32(29,30)24-8-6-5-7-9-24)17-25(28)26-20(3)21-10-12-23(31-4)13-11-21/h5-16,20H,17H2,1-4H3,(H,26,28)/t20-/m0/s1. The lowest BCUT2D eigenvalue weighted by molar-refractivity contribution is -0.120. The summed E-state index contributed by atoms with van der Waals surface area (Å²) in [7, 11) is -2.34. The number of benzene rings is 3. The fourth-order valence-electron chi connectivity index (χ4n) is 3.52. The Morgan fingerprint density at radius 1 is 0.969 bits per heavy atom. The van der Waals surface area contributed by atoms with Gasteiger partial charge in [0.05, 0.1) is 23.7 Å². The van der Waals surface area contributed by atoms with Gasteiger partial charge in [-0.25, -0.2) is 8.42 Å². The lowest BCUT2D eigenvalue weighted by atomic mass is 10.1. The number of hydrogen-bond donors (Lipinski definition) is 1. The highest BCUT2D eigenvalue weighted by atomic mass is 32.2. The second-order valence-corrected chi connectivity index (χ2v) is 9.60. The first kappa shape index (κ1) is 23.3. The van der Waals surface area contributed by atoms with Crippen LogP contribution in [0.5, 0.6) is 5.75 Å². The van der Waals surface area contributed by atoms with Gasteiger partial charge >= 0.3 is 0 Å². The third-order valence-corrected chi connectivity index (χ3v) is 6.89. The Balaban J connectivity index is 1.89. The Labute approximate surface area is 189 Å². The lowest BCUT2D eigenvalue weighted by Gasteiger charge is -2.26. The van der Waals surface area contributed by atoms with E-state index in [1.165, 1.54) is 16.4 Å². The molecule has 168 valence electrons. The molecule has 0 saturated heterocycles. The first-order valence-corrected chi connectivity index (χ1v) is 11.7. The van der Waals surface area contributed by atoms with Gasteiger partial charge in [-0.3, -0.25) is 9.10 Å². The van der Waals surface area contributed by atoms with E-state index in [0.29, 0.717) is 5.69 Å². The number of carbonyl (C=O) groups is 1. The largest absolute Gasteiger partial charge is 0.497 e. The zero-order valence-electron chi connectivity index (χ0n) is 18.7. The molecular formula is C25H28N2O4S. The fourth-order valence-corrected chi connectivity index (χ4v) is 4.95. The van der Waals surface area contributed by atoms with E-state index < -0.39 is 15.9 Å². The molecule has 0 fully saturated rings. The summed E-state index contributed by atoms with van der Waals surface area (Å²) in [6.07, 6.45) is 0. The van der Waals surface area contributed by atoms with E-state index in [1.54, 1.807) is 37.4 Å². The fraction of sp³-hybridized carbons (Fsp3) is 0.240. The molecule has 0 heterocycles. The van der Waals surface area contributed by atoms with Crippen LogP contribution in [0.1, 0.15) is 29.7 Å². The number of sulfonamides is 1. The van der Waals surface area contributed by atoms with Crippen LogP contribution < -0.4 is 14.4 Å². The summed E-state index contributed by atoms with van der Waals surface area (Å²) in [5.41, 5.74) is 3.18. The van der Waals surface area contributed by atoms with Gasteiger partial charge in [0.15, 0.2) is 0 Å². The molecule has 0 bridgehead atoms. The number of nitrogens with one attached hydrogen (secondary N) is 1. The van der Waals surface area contributed by atoms with Crippen molar-refractivity contribution in [2.75, 3.05) is 18.0 Å². The van der Waals surface area contributed by atoms with Crippen LogP contribution in [-0.2, 0) is 14.8 Å². The van der Waals surface area contributed by atoms with Crippen molar-refractivity contribution in [2.24, 2.45) is 0 Å². The molecule has 0 radical (unpaired) electrons. The number of ether oxygens (including phenoxy) is 1. The van der Waals surface area contributed by atoms with Crippen molar-refractivity contribution in [3.63, 3.8) is 0 Å². The van der Waals surface area contributed by atoms with E-state index in [2.05, 4.69) is 5.32 Å². The Morgan fingerprint density at radius 2 is 1.56 bits per heavy atom. The molecule has 32 heavy (non-hydrogen) atoms. The van der Waals surface area contributed by atoms with Crippen LogP contribution in [0.2, 0.25) is 0 Å². The highest BCUT2D eigenvalue weighted by molar-refractivity contribution is 7.92. The van der Waals surface area contributed by atoms with E-state index in [9.17, 15) is 13.2 Å². The smallest absolute Gasteiger partial charge is 0.264 e. The quantitative estimate of drug-likeness (QED) is 0.550. The molecule has 0 aliphatic carbocycles. The predicted molar refractivity (Wildman–Crippen MR) is 126 cm³/mol. The molecule has 0 aliphatic rings. The van der Waals surface area contributed by atoms with Crippen LogP contribution in [0.15, 0.2) is 77.7 Å². The van der Waals surface area contributed by atoms with E-state index in [1.807, 2.05) is 51.1 Å². The summed E-state index contributed by atoms with van der Waals surface area (Å²) in [6, 6.07) is 20.7. The number of rotatable bonds is 8. The molecule has 0 saturated carbocycles. The van der Waals surface area contributed by atoms with E-state index in [4.69, 9.17) is 4.74 Å². The molecule has 3 aromatic rings. The number of methoxy groups -OCH3 is 1. The van der Waals surface area contributed by atoms with Gasteiger partial charge in [0.25, 0.3) is 10.0 Å². The first-order valence-electron chi connectivity index (χ1n) is 10.3. The van der Waals surface area contributed by atoms with Crippen molar-refractivity contribution in [1.82, 2.24) is 5.32 Å². The first-order chi connectivity index (χ1) is 15.2. The Kier molecular flexibility index (Phi) is 7.20. The third kappa shape index (κ3) is 5.48. The van der Waals surface area contributed by atoms with Crippen LogP contribution >= 0.6 is 0 Å². The van der Waals surface area contributed by atoms with Crippen LogP contribution in [0.3, 0.4) is 0 Å². The normalized spacial score (nSPS) is 12.1. The topological polar surface area (TPSA) is 75.7 Å². The van der Waals surface area contributed by atoms with Crippen molar-refractivity contribution in [3.8, 4) is 5.75 Å². The Bertz CT molecular complexity index is 1160. The van der Waals surface area contributed by atoms with Crippen molar-refractivity contribution in [1.29, 1.82) is 0 Å². The monoisotopic (exact) mass is 452 g/mol. The summed E-state index contributed by atoms with van der Waals surface area (Å²) < 4.78 is 33.2. The minimum atomic E-state index is -3.94. The van der Waals surface area contributed by atoms with Crippen LogP contribution in [0.25, 0.3) is 0 Å². The Hall–Kier alpha value is -3.32. The molecule has 1 amide bonds. The molecule has 1 atom stereocenters. The molecule has 0 aliphatic heterocycles. The van der Waals surface area contributed by atoms with E-state index in [-0.39, 0.29) is 17.5 Å². The maximum absolute atomic E-state index is 13.4. The van der Waals surface area contributed by atoms with Crippen molar-refractivity contribution < 1.29 is 17.9 Å². The van der Waals surface area contributed by atoms with Gasteiger partial charge in [0.2, 0.25) is 5.91 Å². The summed E-state index contributed by atoms with van der Waals surface area (Å²) in [5.74, 6) is 0.328. The summed E-state index contributed by atoms with van der Waals surface area (Å²) >= 11 is 0. The number of carbonyl (C=O) groups excluding carboxylic acids is 1. The lowest BCUT2D eigenvalue weighted by Crippen LogP contribution is -2.41. The molecule has 1 N–H and O–H groups in total. The number of aryl methyl sites for hydroxylation is 2. The molecule has 0 aromatic heterocycles. The van der Waals surface area contributed by atoms with E-state index >= 15 is 0 Å². The SMILES string of the molecule is COc1ccc([C@H](C)NC(=O)CN(c2cc(C)cc(C)c2)S(=O)(=O)c2ccccc2)cc1. The maximum atomic E-state index is 13.4. The molecule has 6 nitrogen and oxygen atoms in total. The molecule has 0 spiro atoms. The number of anilines is 1. The predicted octanol–water partition coefficient (Wildman–Crippen LogP) is 4.38. The average molecular weight is 453 g/mol. The zero-order valence-corrected chi connectivity index (χ0v) is 19.5. The number of amides is 1. The van der Waals surface area contributed by atoms with Gasteiger partial charge in [-0.2, -0.15) is 0 Å². The van der Waals surface area contributed by atoms with Crippen molar-refractivity contribution in [2.45, 2.75) is 31.7 Å².